The molecule has 0 aliphatic heterocycles. The Bertz CT molecular complexity index is 661. The summed E-state index contributed by atoms with van der Waals surface area (Å²) in [6.45, 7) is 0. The van der Waals surface area contributed by atoms with Gasteiger partial charge >= 0.3 is 5.97 Å². The number of aryl methyl sites for hydroxylation is 2. The molecule has 6 heteroatoms. The molecule has 1 atom stereocenters. The third-order valence-corrected chi connectivity index (χ3v) is 4.48. The van der Waals surface area contributed by atoms with Gasteiger partial charge in [0.05, 0.1) is 0 Å². The quantitative estimate of drug-likeness (QED) is 0.729. The molecule has 2 aliphatic rings. The minimum atomic E-state index is -1.04. The second-order valence-electron chi connectivity index (χ2n) is 6.20. The number of fused-ring (bicyclic) bond motifs is 1. The van der Waals surface area contributed by atoms with E-state index in [1.165, 1.54) is 0 Å². The van der Waals surface area contributed by atoms with Gasteiger partial charge in [-0.1, -0.05) is 6.42 Å². The van der Waals surface area contributed by atoms with E-state index >= 15 is 0 Å². The van der Waals surface area contributed by atoms with Gasteiger partial charge in [-0.15, -0.1) is 0 Å². The zero-order chi connectivity index (χ0) is 15.7. The number of carbonyl (C=O) groups is 2. The van der Waals surface area contributed by atoms with Crippen molar-refractivity contribution in [3.8, 4) is 0 Å². The first-order valence-electron chi connectivity index (χ1n) is 7.85. The van der Waals surface area contributed by atoms with Crippen LogP contribution in [0.15, 0.2) is 10.9 Å². The Morgan fingerprint density at radius 2 is 1.95 bits per heavy atom. The van der Waals surface area contributed by atoms with Gasteiger partial charge in [-0.3, -0.25) is 9.59 Å². The molecule has 0 saturated heterocycles. The van der Waals surface area contributed by atoms with Crippen LogP contribution < -0.4 is 10.9 Å². The number of amides is 1. The molecule has 1 saturated carbocycles. The topological polar surface area (TPSA) is 99.3 Å². The molecule has 0 aromatic carbocycles. The molecule has 6 nitrogen and oxygen atoms in total. The Kier molecular flexibility index (Phi) is 4.00. The van der Waals surface area contributed by atoms with Crippen LogP contribution in [0.3, 0.4) is 0 Å². The summed E-state index contributed by atoms with van der Waals surface area (Å²) >= 11 is 0. The van der Waals surface area contributed by atoms with E-state index in [2.05, 4.69) is 10.3 Å². The third kappa shape index (κ3) is 3.05. The molecule has 1 unspecified atom stereocenters. The number of carboxylic acids is 1. The number of aliphatic carboxylic acids is 1. The van der Waals surface area contributed by atoms with E-state index in [4.69, 9.17) is 0 Å². The van der Waals surface area contributed by atoms with E-state index in [1.807, 2.05) is 0 Å². The summed E-state index contributed by atoms with van der Waals surface area (Å²) in [5.41, 5.74) is 1.50. The maximum Gasteiger partial charge on any atom is 0.326 e. The van der Waals surface area contributed by atoms with Gasteiger partial charge in [0, 0.05) is 5.69 Å². The number of rotatable bonds is 4. The zero-order valence-corrected chi connectivity index (χ0v) is 12.4. The first kappa shape index (κ1) is 14.8. The van der Waals surface area contributed by atoms with Crippen LogP contribution in [-0.4, -0.2) is 28.0 Å². The number of pyridine rings is 1. The lowest BCUT2D eigenvalue weighted by Crippen LogP contribution is -2.44. The predicted octanol–water partition coefficient (Wildman–Crippen LogP) is 1.24. The molecule has 0 spiro atoms. The van der Waals surface area contributed by atoms with Crippen LogP contribution >= 0.6 is 0 Å². The van der Waals surface area contributed by atoms with Crippen molar-refractivity contribution in [2.24, 2.45) is 5.92 Å². The van der Waals surface area contributed by atoms with Crippen LogP contribution in [0.1, 0.15) is 53.7 Å². The molecule has 1 amide bonds. The third-order valence-electron chi connectivity index (χ3n) is 4.48. The van der Waals surface area contributed by atoms with Crippen molar-refractivity contribution >= 4 is 11.9 Å². The Morgan fingerprint density at radius 1 is 1.23 bits per heavy atom. The van der Waals surface area contributed by atoms with Crippen molar-refractivity contribution in [1.82, 2.24) is 10.3 Å². The fourth-order valence-corrected chi connectivity index (χ4v) is 3.05. The van der Waals surface area contributed by atoms with E-state index in [1.54, 1.807) is 6.07 Å². The Labute approximate surface area is 127 Å². The second-order valence-corrected chi connectivity index (χ2v) is 6.20. The summed E-state index contributed by atoms with van der Waals surface area (Å²) in [6, 6.07) is 0.742. The maximum absolute atomic E-state index is 12.3. The van der Waals surface area contributed by atoms with E-state index in [0.29, 0.717) is 0 Å². The van der Waals surface area contributed by atoms with E-state index in [-0.39, 0.29) is 11.5 Å². The molecule has 1 aromatic heterocycles. The van der Waals surface area contributed by atoms with Crippen LogP contribution in [0.25, 0.3) is 0 Å². The Balaban J connectivity index is 1.84. The molecule has 0 bridgehead atoms. The highest BCUT2D eigenvalue weighted by atomic mass is 16.4. The summed E-state index contributed by atoms with van der Waals surface area (Å²) in [4.78, 5) is 38.4. The van der Waals surface area contributed by atoms with Crippen LogP contribution in [-0.2, 0) is 17.6 Å². The summed E-state index contributed by atoms with van der Waals surface area (Å²) in [5, 5.41) is 11.7. The average molecular weight is 304 g/mol. The van der Waals surface area contributed by atoms with E-state index in [9.17, 15) is 19.5 Å². The minimum absolute atomic E-state index is 0.0126. The number of aromatic amines is 1. The number of carbonyl (C=O) groups excluding carboxylic acids is 1. The molecule has 3 rings (SSSR count). The maximum atomic E-state index is 12.3. The molecule has 1 heterocycles. The van der Waals surface area contributed by atoms with E-state index < -0.39 is 23.5 Å². The average Bonchev–Trinajstić information content (AvgIpc) is 3.30. The number of H-pyrrole nitrogens is 1. The van der Waals surface area contributed by atoms with Crippen molar-refractivity contribution in [2.75, 3.05) is 0 Å². The van der Waals surface area contributed by atoms with Crippen LogP contribution in [0.4, 0.5) is 0 Å². The van der Waals surface area contributed by atoms with Gasteiger partial charge in [-0.05, 0) is 56.1 Å². The van der Waals surface area contributed by atoms with Crippen molar-refractivity contribution in [3.63, 3.8) is 0 Å². The van der Waals surface area contributed by atoms with Gasteiger partial charge in [0.2, 0.25) is 0 Å². The van der Waals surface area contributed by atoms with E-state index in [0.717, 1.165) is 56.2 Å². The van der Waals surface area contributed by atoms with Gasteiger partial charge in [0.25, 0.3) is 11.5 Å². The predicted molar refractivity (Wildman–Crippen MR) is 79.9 cm³/mol. The molecule has 3 N–H and O–H groups in total. The number of aromatic nitrogens is 1. The molecular weight excluding hydrogens is 284 g/mol. The number of hydrogen-bond acceptors (Lipinski definition) is 3. The Morgan fingerprint density at radius 3 is 2.64 bits per heavy atom. The number of hydrogen-bond donors (Lipinski definition) is 3. The lowest BCUT2D eigenvalue weighted by atomic mass is 10.1. The summed E-state index contributed by atoms with van der Waals surface area (Å²) < 4.78 is 0. The van der Waals surface area contributed by atoms with Crippen molar-refractivity contribution in [2.45, 2.75) is 51.0 Å². The SMILES string of the molecule is O=C(NC(C(=O)O)C1CC1)c1cc2c([nH]c1=O)CCCCC2. The van der Waals surface area contributed by atoms with Crippen LogP contribution in [0, 0.1) is 5.92 Å². The summed E-state index contributed by atoms with van der Waals surface area (Å²) in [6.07, 6.45) is 6.47. The molecular formula is C16H20N2O4. The van der Waals surface area contributed by atoms with Crippen LogP contribution in [0.5, 0.6) is 0 Å². The molecule has 1 fully saturated rings. The molecule has 2 aliphatic carbocycles. The molecule has 118 valence electrons. The Hall–Kier alpha value is -2.11. The smallest absolute Gasteiger partial charge is 0.326 e. The van der Waals surface area contributed by atoms with Gasteiger partial charge in [0.15, 0.2) is 0 Å². The fraction of sp³-hybridized carbons (Fsp3) is 0.562. The standard InChI is InChI=1S/C16H20N2O4/c19-14-11(8-10-4-2-1-3-5-12(10)17-14)15(20)18-13(16(21)22)9-6-7-9/h8-9,13H,1-7H2,(H,17,19)(H,18,20)(H,21,22). The number of nitrogens with one attached hydrogen (secondary N) is 2. The normalized spacial score (nSPS) is 18.9. The molecule has 22 heavy (non-hydrogen) atoms. The van der Waals surface area contributed by atoms with Crippen molar-refractivity contribution in [3.05, 3.63) is 33.2 Å². The highest BCUT2D eigenvalue weighted by molar-refractivity contribution is 5.96. The van der Waals surface area contributed by atoms with Gasteiger partial charge in [-0.2, -0.15) is 0 Å². The summed E-state index contributed by atoms with van der Waals surface area (Å²) in [7, 11) is 0. The first-order valence-corrected chi connectivity index (χ1v) is 7.85. The second kappa shape index (κ2) is 5.94. The minimum Gasteiger partial charge on any atom is -0.480 e. The highest BCUT2D eigenvalue weighted by Gasteiger charge is 2.37. The fourth-order valence-electron chi connectivity index (χ4n) is 3.05. The monoisotopic (exact) mass is 304 g/mol. The zero-order valence-electron chi connectivity index (χ0n) is 12.4. The molecule has 1 aromatic rings. The van der Waals surface area contributed by atoms with Gasteiger partial charge < -0.3 is 15.4 Å². The largest absolute Gasteiger partial charge is 0.480 e. The lowest BCUT2D eigenvalue weighted by molar-refractivity contribution is -0.139. The lowest BCUT2D eigenvalue weighted by Gasteiger charge is -2.14. The number of carboxylic acid groups (broad SMARTS) is 1. The van der Waals surface area contributed by atoms with Crippen molar-refractivity contribution < 1.29 is 14.7 Å². The molecule has 0 radical (unpaired) electrons. The highest BCUT2D eigenvalue weighted by Crippen LogP contribution is 2.32. The van der Waals surface area contributed by atoms with Gasteiger partial charge in [-0.25, -0.2) is 4.79 Å². The van der Waals surface area contributed by atoms with Crippen molar-refractivity contribution in [1.29, 1.82) is 0 Å². The summed E-state index contributed by atoms with van der Waals surface area (Å²) in [5.74, 6) is -1.64. The van der Waals surface area contributed by atoms with Gasteiger partial charge in [0.1, 0.15) is 11.6 Å². The first-order chi connectivity index (χ1) is 10.6. The van der Waals surface area contributed by atoms with Crippen LogP contribution in [0.2, 0.25) is 0 Å².